The summed E-state index contributed by atoms with van der Waals surface area (Å²) in [5.74, 6) is 1.08. The van der Waals surface area contributed by atoms with Gasteiger partial charge >= 0.3 is 0 Å². The first kappa shape index (κ1) is 28.6. The fraction of sp³-hybridized carbons (Fsp3) is 0.0417. The van der Waals surface area contributed by atoms with Gasteiger partial charge < -0.3 is 0 Å². The van der Waals surface area contributed by atoms with Gasteiger partial charge in [0.25, 0.3) is 0 Å². The fourth-order valence-electron chi connectivity index (χ4n) is 8.18. The first-order chi connectivity index (χ1) is 24.8. The first-order valence-electron chi connectivity index (χ1n) is 17.3. The zero-order valence-electron chi connectivity index (χ0n) is 27.4. The lowest BCUT2D eigenvalue weighted by Crippen LogP contribution is -2.03. The number of nitrogens with zero attached hydrogens (tertiary/aromatic N) is 2. The number of hydrogen-bond donors (Lipinski definition) is 0. The van der Waals surface area contributed by atoms with Crippen molar-refractivity contribution < 1.29 is 0 Å². The molecule has 1 heterocycles. The van der Waals surface area contributed by atoms with E-state index in [2.05, 4.69) is 170 Å². The van der Waals surface area contributed by atoms with Crippen LogP contribution in [0.4, 0.5) is 0 Å². The van der Waals surface area contributed by atoms with Crippen LogP contribution < -0.4 is 0 Å². The summed E-state index contributed by atoms with van der Waals surface area (Å²) in [4.78, 5) is 10.2. The zero-order valence-corrected chi connectivity index (χ0v) is 27.4. The van der Waals surface area contributed by atoms with Crippen molar-refractivity contribution >= 4 is 0 Å². The summed E-state index contributed by atoms with van der Waals surface area (Å²) >= 11 is 0. The summed E-state index contributed by atoms with van der Waals surface area (Å²) < 4.78 is 0. The smallest absolute Gasteiger partial charge is 0.160 e. The summed E-state index contributed by atoms with van der Waals surface area (Å²) in [6, 6.07) is 65.6. The van der Waals surface area contributed by atoms with Crippen LogP contribution in [0.3, 0.4) is 0 Å². The van der Waals surface area contributed by atoms with E-state index >= 15 is 0 Å². The monoisotopic (exact) mass is 636 g/mol. The topological polar surface area (TPSA) is 25.8 Å². The molecule has 2 unspecified atom stereocenters. The molecule has 0 saturated carbocycles. The second-order valence-electron chi connectivity index (χ2n) is 13.3. The van der Waals surface area contributed by atoms with E-state index in [0.29, 0.717) is 0 Å². The highest BCUT2D eigenvalue weighted by Gasteiger charge is 2.36. The molecule has 50 heavy (non-hydrogen) atoms. The molecule has 7 aromatic carbocycles. The average molecular weight is 637 g/mol. The Morgan fingerprint density at radius 3 is 1.26 bits per heavy atom. The number of rotatable bonds is 5. The lowest BCUT2D eigenvalue weighted by Gasteiger charge is -2.19. The Morgan fingerprint density at radius 1 is 0.300 bits per heavy atom. The maximum Gasteiger partial charge on any atom is 0.160 e. The van der Waals surface area contributed by atoms with E-state index in [9.17, 15) is 0 Å². The molecule has 2 atom stereocenters. The minimum absolute atomic E-state index is 0.136. The van der Waals surface area contributed by atoms with Gasteiger partial charge in [0.2, 0.25) is 0 Å². The van der Waals surface area contributed by atoms with Gasteiger partial charge in [-0.15, -0.1) is 0 Å². The molecule has 234 valence electrons. The maximum absolute atomic E-state index is 5.08. The molecule has 0 N–H and O–H groups in total. The van der Waals surface area contributed by atoms with Crippen LogP contribution in [0.5, 0.6) is 0 Å². The molecule has 0 aliphatic heterocycles. The molecule has 8 aromatic rings. The Balaban J connectivity index is 1.09. The summed E-state index contributed by atoms with van der Waals surface area (Å²) in [7, 11) is 0. The van der Waals surface area contributed by atoms with Crippen molar-refractivity contribution in [3.05, 3.63) is 215 Å². The van der Waals surface area contributed by atoms with Gasteiger partial charge in [-0.3, -0.25) is 0 Å². The van der Waals surface area contributed by atoms with E-state index in [4.69, 9.17) is 9.97 Å². The third-order valence-corrected chi connectivity index (χ3v) is 10.5. The van der Waals surface area contributed by atoms with E-state index in [0.717, 1.165) is 33.9 Å². The Kier molecular flexibility index (Phi) is 6.67. The highest BCUT2D eigenvalue weighted by Crippen LogP contribution is 2.55. The second kappa shape index (κ2) is 11.6. The van der Waals surface area contributed by atoms with E-state index in [1.807, 2.05) is 12.1 Å². The van der Waals surface area contributed by atoms with Crippen molar-refractivity contribution in [1.29, 1.82) is 0 Å². The number of aromatic nitrogens is 2. The van der Waals surface area contributed by atoms with Crippen LogP contribution in [-0.2, 0) is 0 Å². The maximum atomic E-state index is 5.08. The van der Waals surface area contributed by atoms with Gasteiger partial charge in [-0.1, -0.05) is 170 Å². The van der Waals surface area contributed by atoms with Gasteiger partial charge in [0.15, 0.2) is 5.82 Å². The molecular formula is C48H32N2. The Labute approximate surface area is 292 Å². The van der Waals surface area contributed by atoms with Crippen molar-refractivity contribution in [2.24, 2.45) is 0 Å². The lowest BCUT2D eigenvalue weighted by molar-refractivity contribution is 0.981. The van der Waals surface area contributed by atoms with Crippen LogP contribution in [0.25, 0.3) is 56.2 Å². The molecule has 0 bridgehead atoms. The Hall–Kier alpha value is -6.38. The van der Waals surface area contributed by atoms with Crippen molar-refractivity contribution in [3.8, 4) is 56.2 Å². The van der Waals surface area contributed by atoms with Crippen molar-refractivity contribution in [2.45, 2.75) is 11.8 Å². The van der Waals surface area contributed by atoms with Crippen LogP contribution in [-0.4, -0.2) is 9.97 Å². The van der Waals surface area contributed by atoms with Gasteiger partial charge in [-0.2, -0.15) is 0 Å². The predicted octanol–water partition coefficient (Wildman–Crippen LogP) is 11.8. The molecule has 0 saturated heterocycles. The fourth-order valence-corrected chi connectivity index (χ4v) is 8.18. The Bertz CT molecular complexity index is 2460. The lowest BCUT2D eigenvalue weighted by atomic mass is 9.84. The summed E-state index contributed by atoms with van der Waals surface area (Å²) in [6.07, 6.45) is 0. The molecule has 1 aromatic heterocycles. The van der Waals surface area contributed by atoms with Gasteiger partial charge in [0.1, 0.15) is 0 Å². The molecule has 10 rings (SSSR count). The molecule has 0 fully saturated rings. The van der Waals surface area contributed by atoms with Gasteiger partial charge in [-0.05, 0) is 67.8 Å². The second-order valence-corrected chi connectivity index (χ2v) is 13.3. The third kappa shape index (κ3) is 4.64. The quantitative estimate of drug-likeness (QED) is 0.188. The summed E-state index contributed by atoms with van der Waals surface area (Å²) in [5.41, 5.74) is 18.5. The molecule has 2 aliphatic rings. The standard InChI is InChI=1S/C48H32N2/c1-4-14-31(15-5-1)44-30-45(32-16-6-2-7-17-32)50-48(49-44)35-26-24-34(25-27-35)47-39-23-13-11-21-37(39)41-28-40-36-20-10-12-22-38(36)46(42(40)29-43(41)47)33-18-8-3-9-19-33/h1-30,46-47H. The average Bonchev–Trinajstić information content (AvgIpc) is 3.70. The molecule has 2 nitrogen and oxygen atoms in total. The Morgan fingerprint density at radius 2 is 0.740 bits per heavy atom. The van der Waals surface area contributed by atoms with Crippen molar-refractivity contribution in [1.82, 2.24) is 9.97 Å². The largest absolute Gasteiger partial charge is 0.228 e. The molecule has 0 spiro atoms. The van der Waals surface area contributed by atoms with Crippen molar-refractivity contribution in [2.75, 3.05) is 0 Å². The van der Waals surface area contributed by atoms with Crippen molar-refractivity contribution in [3.63, 3.8) is 0 Å². The number of benzene rings is 7. The predicted molar refractivity (Wildman–Crippen MR) is 204 cm³/mol. The van der Waals surface area contributed by atoms with Crippen LogP contribution in [0, 0.1) is 0 Å². The molecule has 2 heteroatoms. The highest BCUT2D eigenvalue weighted by molar-refractivity contribution is 5.90. The van der Waals surface area contributed by atoms with E-state index < -0.39 is 0 Å². The minimum atomic E-state index is 0.136. The van der Waals surface area contributed by atoms with Gasteiger partial charge in [0, 0.05) is 28.5 Å². The summed E-state index contributed by atoms with van der Waals surface area (Å²) in [5, 5.41) is 0. The molecular weight excluding hydrogens is 605 g/mol. The van der Waals surface area contributed by atoms with Crippen LogP contribution >= 0.6 is 0 Å². The summed E-state index contributed by atoms with van der Waals surface area (Å²) in [6.45, 7) is 0. The van der Waals surface area contributed by atoms with E-state index in [1.54, 1.807) is 0 Å². The van der Waals surface area contributed by atoms with Crippen LogP contribution in [0.15, 0.2) is 182 Å². The first-order valence-corrected chi connectivity index (χ1v) is 17.3. The number of fused-ring (bicyclic) bond motifs is 6. The normalized spacial score (nSPS) is 15.2. The number of hydrogen-bond acceptors (Lipinski definition) is 2. The third-order valence-electron chi connectivity index (χ3n) is 10.5. The molecule has 0 amide bonds. The van der Waals surface area contributed by atoms with Crippen LogP contribution in [0.1, 0.15) is 45.2 Å². The highest BCUT2D eigenvalue weighted by atomic mass is 14.9. The van der Waals surface area contributed by atoms with E-state index in [1.165, 1.54) is 55.6 Å². The van der Waals surface area contributed by atoms with E-state index in [-0.39, 0.29) is 11.8 Å². The zero-order chi connectivity index (χ0) is 33.0. The molecule has 0 radical (unpaired) electrons. The molecule has 2 aliphatic carbocycles. The minimum Gasteiger partial charge on any atom is -0.228 e. The SMILES string of the molecule is c1ccc(-c2cc(-c3ccccc3)nc(-c3ccc(C4c5ccccc5-c5cc6c(cc54)C(c4ccccc4)c4ccccc4-6)cc3)n2)cc1. The van der Waals surface area contributed by atoms with Crippen LogP contribution in [0.2, 0.25) is 0 Å². The van der Waals surface area contributed by atoms with Gasteiger partial charge in [-0.25, -0.2) is 9.97 Å². The van der Waals surface area contributed by atoms with Gasteiger partial charge in [0.05, 0.1) is 11.4 Å².